The van der Waals surface area contributed by atoms with Gasteiger partial charge in [0.1, 0.15) is 12.7 Å². The first-order valence-corrected chi connectivity index (χ1v) is 18.9. The van der Waals surface area contributed by atoms with Gasteiger partial charge in [-0.2, -0.15) is 0 Å². The number of hydrogen-bond donors (Lipinski definition) is 2. The SMILES string of the molecule is CCCCCCC(O)C/C=C/CCCCCCCC(=O)OCC(C)OC(=O)CCCCCCC/C=C/CC(O)CCCCCC. The van der Waals surface area contributed by atoms with Crippen molar-refractivity contribution in [1.29, 1.82) is 0 Å². The van der Waals surface area contributed by atoms with E-state index in [2.05, 4.69) is 38.2 Å². The summed E-state index contributed by atoms with van der Waals surface area (Å²) in [6.45, 7) is 6.30. The molecule has 264 valence electrons. The Hall–Kier alpha value is -1.66. The number of aliphatic hydroxyl groups is 2. The maximum atomic E-state index is 12.1. The van der Waals surface area contributed by atoms with Crippen molar-refractivity contribution in [2.24, 2.45) is 0 Å². The van der Waals surface area contributed by atoms with Crippen molar-refractivity contribution in [3.63, 3.8) is 0 Å². The van der Waals surface area contributed by atoms with Gasteiger partial charge in [0.15, 0.2) is 0 Å². The Kier molecular flexibility index (Phi) is 32.5. The number of ether oxygens (including phenoxy) is 2. The highest BCUT2D eigenvalue weighted by molar-refractivity contribution is 5.70. The Morgan fingerprint density at radius 2 is 0.978 bits per heavy atom. The van der Waals surface area contributed by atoms with Crippen LogP contribution in [0.1, 0.15) is 188 Å². The third-order valence-corrected chi connectivity index (χ3v) is 8.25. The monoisotopic (exact) mass is 637 g/mol. The van der Waals surface area contributed by atoms with Gasteiger partial charge >= 0.3 is 11.9 Å². The van der Waals surface area contributed by atoms with E-state index in [1.807, 2.05) is 0 Å². The fourth-order valence-electron chi connectivity index (χ4n) is 5.32. The van der Waals surface area contributed by atoms with E-state index in [-0.39, 0.29) is 30.8 Å². The van der Waals surface area contributed by atoms with Crippen LogP contribution < -0.4 is 0 Å². The fourth-order valence-corrected chi connectivity index (χ4v) is 5.32. The zero-order valence-corrected chi connectivity index (χ0v) is 29.7. The molecule has 0 spiro atoms. The van der Waals surface area contributed by atoms with E-state index in [0.29, 0.717) is 12.8 Å². The van der Waals surface area contributed by atoms with Gasteiger partial charge in [0.05, 0.1) is 12.2 Å². The molecule has 0 fully saturated rings. The Labute approximate surface area is 277 Å². The van der Waals surface area contributed by atoms with Crippen molar-refractivity contribution in [3.05, 3.63) is 24.3 Å². The standard InChI is InChI=1S/C39H72O6/c1-4-6-8-22-28-36(40)30-24-18-14-10-12-16-20-26-32-38(42)44-34-35(3)45-39(43)33-27-21-17-13-11-15-19-25-31-37(41)29-23-9-7-5-2/h18-19,24-25,35-37,40-41H,4-17,20-23,26-34H2,1-3H3/b24-18+,25-19+. The van der Waals surface area contributed by atoms with Crippen LogP contribution in [0, 0.1) is 0 Å². The van der Waals surface area contributed by atoms with Crippen LogP contribution in [-0.4, -0.2) is 47.1 Å². The van der Waals surface area contributed by atoms with Crippen LogP contribution in [0.3, 0.4) is 0 Å². The minimum Gasteiger partial charge on any atom is -0.462 e. The Balaban J connectivity index is 3.56. The van der Waals surface area contributed by atoms with Crippen LogP contribution in [-0.2, 0) is 19.1 Å². The van der Waals surface area contributed by atoms with E-state index < -0.39 is 6.10 Å². The van der Waals surface area contributed by atoms with Crippen LogP contribution in [0.2, 0.25) is 0 Å². The zero-order chi connectivity index (χ0) is 33.2. The third-order valence-electron chi connectivity index (χ3n) is 8.25. The summed E-state index contributed by atoms with van der Waals surface area (Å²) in [5, 5.41) is 20.0. The molecule has 0 aliphatic carbocycles. The van der Waals surface area contributed by atoms with Crippen molar-refractivity contribution < 1.29 is 29.3 Å². The average molecular weight is 637 g/mol. The Morgan fingerprint density at radius 1 is 0.556 bits per heavy atom. The molecule has 0 heterocycles. The maximum Gasteiger partial charge on any atom is 0.306 e. The smallest absolute Gasteiger partial charge is 0.306 e. The summed E-state index contributed by atoms with van der Waals surface area (Å²) in [5.41, 5.74) is 0. The molecule has 0 bridgehead atoms. The maximum absolute atomic E-state index is 12.1. The molecule has 0 radical (unpaired) electrons. The summed E-state index contributed by atoms with van der Waals surface area (Å²) in [7, 11) is 0. The van der Waals surface area contributed by atoms with Gasteiger partial charge in [0, 0.05) is 12.8 Å². The minimum atomic E-state index is -0.418. The van der Waals surface area contributed by atoms with E-state index in [1.165, 1.54) is 38.5 Å². The van der Waals surface area contributed by atoms with Crippen LogP contribution in [0.4, 0.5) is 0 Å². The van der Waals surface area contributed by atoms with E-state index in [9.17, 15) is 19.8 Å². The number of hydrogen-bond acceptors (Lipinski definition) is 6. The molecule has 0 saturated carbocycles. The highest BCUT2D eigenvalue weighted by Gasteiger charge is 2.12. The van der Waals surface area contributed by atoms with Crippen molar-refractivity contribution in [3.8, 4) is 0 Å². The van der Waals surface area contributed by atoms with Crippen molar-refractivity contribution in [1.82, 2.24) is 0 Å². The van der Waals surface area contributed by atoms with E-state index in [1.54, 1.807) is 6.92 Å². The average Bonchev–Trinajstić information content (AvgIpc) is 3.02. The first-order chi connectivity index (χ1) is 21.9. The number of carbonyl (C=O) groups excluding carboxylic acids is 2. The number of allylic oxidation sites excluding steroid dienone is 2. The normalized spacial score (nSPS) is 13.8. The van der Waals surface area contributed by atoms with Crippen LogP contribution >= 0.6 is 0 Å². The lowest BCUT2D eigenvalue weighted by Crippen LogP contribution is -2.22. The summed E-state index contributed by atoms with van der Waals surface area (Å²) < 4.78 is 10.7. The summed E-state index contributed by atoms with van der Waals surface area (Å²) >= 11 is 0. The highest BCUT2D eigenvalue weighted by atomic mass is 16.6. The predicted octanol–water partition coefficient (Wildman–Crippen LogP) is 10.5. The number of unbranched alkanes of at least 4 members (excludes halogenated alkanes) is 16. The molecule has 0 aromatic rings. The van der Waals surface area contributed by atoms with Crippen LogP contribution in [0.25, 0.3) is 0 Å². The molecular weight excluding hydrogens is 564 g/mol. The first-order valence-electron chi connectivity index (χ1n) is 18.9. The molecule has 6 nitrogen and oxygen atoms in total. The molecule has 0 aliphatic heterocycles. The zero-order valence-electron chi connectivity index (χ0n) is 29.7. The quantitative estimate of drug-likeness (QED) is 0.0423. The van der Waals surface area contributed by atoms with Crippen molar-refractivity contribution in [2.75, 3.05) is 6.61 Å². The molecule has 2 N–H and O–H groups in total. The number of rotatable bonds is 33. The summed E-state index contributed by atoms with van der Waals surface area (Å²) in [5.74, 6) is -0.439. The largest absolute Gasteiger partial charge is 0.462 e. The van der Waals surface area contributed by atoms with Gasteiger partial charge in [0.2, 0.25) is 0 Å². The van der Waals surface area contributed by atoms with Gasteiger partial charge in [-0.25, -0.2) is 0 Å². The lowest BCUT2D eigenvalue weighted by molar-refractivity contribution is -0.158. The van der Waals surface area contributed by atoms with Crippen molar-refractivity contribution >= 4 is 11.9 Å². The van der Waals surface area contributed by atoms with E-state index in [4.69, 9.17) is 9.47 Å². The second-order valence-corrected chi connectivity index (χ2v) is 13.0. The summed E-state index contributed by atoms with van der Waals surface area (Å²) in [6, 6.07) is 0. The minimum absolute atomic E-state index is 0.119. The van der Waals surface area contributed by atoms with Crippen molar-refractivity contribution in [2.45, 2.75) is 206 Å². The molecule has 3 unspecified atom stereocenters. The van der Waals surface area contributed by atoms with Gasteiger partial charge in [-0.1, -0.05) is 128 Å². The first kappa shape index (κ1) is 43.3. The lowest BCUT2D eigenvalue weighted by atomic mass is 10.1. The molecule has 0 saturated heterocycles. The van der Waals surface area contributed by atoms with Gasteiger partial charge in [-0.3, -0.25) is 9.59 Å². The second-order valence-electron chi connectivity index (χ2n) is 13.0. The molecule has 0 aromatic heterocycles. The summed E-state index contributed by atoms with van der Waals surface area (Å²) in [6.07, 6.45) is 34.2. The van der Waals surface area contributed by atoms with Gasteiger partial charge in [0.25, 0.3) is 0 Å². The molecule has 0 amide bonds. The molecular formula is C39H72O6. The Morgan fingerprint density at radius 3 is 1.47 bits per heavy atom. The topological polar surface area (TPSA) is 93.1 Å². The molecule has 0 rings (SSSR count). The molecule has 45 heavy (non-hydrogen) atoms. The van der Waals surface area contributed by atoms with Gasteiger partial charge < -0.3 is 19.7 Å². The predicted molar refractivity (Wildman–Crippen MR) is 188 cm³/mol. The second kappa shape index (κ2) is 33.7. The van der Waals surface area contributed by atoms with Crippen LogP contribution in [0.15, 0.2) is 24.3 Å². The highest BCUT2D eigenvalue weighted by Crippen LogP contribution is 2.13. The molecule has 3 atom stereocenters. The number of esters is 2. The van der Waals surface area contributed by atoms with Gasteiger partial charge in [-0.05, 0) is 71.1 Å². The third kappa shape index (κ3) is 33.5. The molecule has 0 aromatic carbocycles. The fraction of sp³-hybridized carbons (Fsp3) is 0.846. The summed E-state index contributed by atoms with van der Waals surface area (Å²) in [4.78, 5) is 24.1. The molecule has 0 aliphatic rings. The van der Waals surface area contributed by atoms with E-state index in [0.717, 1.165) is 116 Å². The van der Waals surface area contributed by atoms with Gasteiger partial charge in [-0.15, -0.1) is 0 Å². The number of aliphatic hydroxyl groups excluding tert-OH is 2. The Bertz CT molecular complexity index is 718. The lowest BCUT2D eigenvalue weighted by Gasteiger charge is -2.13. The number of carbonyl (C=O) groups is 2. The van der Waals surface area contributed by atoms with Crippen LogP contribution in [0.5, 0.6) is 0 Å². The molecule has 6 heteroatoms. The van der Waals surface area contributed by atoms with E-state index >= 15 is 0 Å².